The van der Waals surface area contributed by atoms with Crippen LogP contribution in [0.15, 0.2) is 11.6 Å². The van der Waals surface area contributed by atoms with Crippen LogP contribution in [0, 0.1) is 18.3 Å². The quantitative estimate of drug-likeness (QED) is 0.494. The lowest BCUT2D eigenvalue weighted by atomic mass is 10.1. The second-order valence-corrected chi connectivity index (χ2v) is 2.38. The van der Waals surface area contributed by atoms with Crippen LogP contribution >= 0.6 is 0 Å². The molecule has 0 saturated heterocycles. The molecule has 0 bridgehead atoms. The van der Waals surface area contributed by atoms with Crippen molar-refractivity contribution in [2.45, 2.75) is 27.2 Å². The molecule has 0 N–H and O–H groups in total. The molecule has 1 unspecified atom stereocenters. The van der Waals surface area contributed by atoms with Gasteiger partial charge in [-0.2, -0.15) is 0 Å². The number of hydrogen-bond donors (Lipinski definition) is 0. The summed E-state index contributed by atoms with van der Waals surface area (Å²) in [7, 11) is 0. The maximum atomic E-state index is 5.16. The second kappa shape index (κ2) is 4.21. The Morgan fingerprint density at radius 3 is 2.67 bits per heavy atom. The summed E-state index contributed by atoms with van der Waals surface area (Å²) in [5, 5.41) is 0. The Kier molecular flexibility index (Phi) is 3.88. The Morgan fingerprint density at radius 1 is 1.78 bits per heavy atom. The molecule has 0 aliphatic carbocycles. The summed E-state index contributed by atoms with van der Waals surface area (Å²) in [6.07, 6.45) is 8.45. The van der Waals surface area contributed by atoms with Gasteiger partial charge in [-0.15, -0.1) is 6.42 Å². The Balaban J connectivity index is 3.83. The molecule has 0 nitrogen and oxygen atoms in total. The lowest BCUT2D eigenvalue weighted by Crippen LogP contribution is -1.85. The molecule has 0 aromatic heterocycles. The largest absolute Gasteiger partial charge is 0.115 e. The Labute approximate surface area is 58.0 Å². The third kappa shape index (κ3) is 3.85. The molecular weight excluding hydrogens is 108 g/mol. The van der Waals surface area contributed by atoms with Crippen LogP contribution in [0.2, 0.25) is 0 Å². The zero-order valence-corrected chi connectivity index (χ0v) is 6.44. The zero-order valence-electron chi connectivity index (χ0n) is 6.44. The third-order valence-corrected chi connectivity index (χ3v) is 1.41. The summed E-state index contributed by atoms with van der Waals surface area (Å²) in [5.41, 5.74) is 1.05. The van der Waals surface area contributed by atoms with Crippen molar-refractivity contribution in [3.05, 3.63) is 11.6 Å². The molecule has 0 spiro atoms. The average molecular weight is 122 g/mol. The van der Waals surface area contributed by atoms with Crippen molar-refractivity contribution in [1.29, 1.82) is 0 Å². The molecule has 0 fully saturated rings. The molecule has 0 radical (unpaired) electrons. The monoisotopic (exact) mass is 122 g/mol. The van der Waals surface area contributed by atoms with Gasteiger partial charge in [-0.25, -0.2) is 0 Å². The number of terminal acetylenes is 1. The van der Waals surface area contributed by atoms with E-state index < -0.39 is 0 Å². The highest BCUT2D eigenvalue weighted by Crippen LogP contribution is 2.04. The molecule has 1 atom stereocenters. The molecule has 0 aliphatic rings. The molecule has 50 valence electrons. The fraction of sp³-hybridized carbons (Fsp3) is 0.556. The van der Waals surface area contributed by atoms with Gasteiger partial charge in [0.1, 0.15) is 0 Å². The van der Waals surface area contributed by atoms with E-state index in [2.05, 4.69) is 25.8 Å². The molecule has 0 aromatic rings. The normalized spacial score (nSPS) is 14.7. The van der Waals surface area contributed by atoms with Gasteiger partial charge in [-0.05, 0) is 18.4 Å². The Hall–Kier alpha value is -0.700. The highest BCUT2D eigenvalue weighted by atomic mass is 14.0. The lowest BCUT2D eigenvalue weighted by Gasteiger charge is -1.99. The highest BCUT2D eigenvalue weighted by molar-refractivity contribution is 5.22. The lowest BCUT2D eigenvalue weighted by molar-refractivity contribution is 0.695. The van der Waals surface area contributed by atoms with Gasteiger partial charge in [0.15, 0.2) is 0 Å². The first-order valence-electron chi connectivity index (χ1n) is 3.35. The van der Waals surface area contributed by atoms with Gasteiger partial charge in [0.05, 0.1) is 0 Å². The second-order valence-electron chi connectivity index (χ2n) is 2.38. The van der Waals surface area contributed by atoms with Crippen molar-refractivity contribution < 1.29 is 0 Å². The summed E-state index contributed by atoms with van der Waals surface area (Å²) in [6, 6.07) is 0. The smallest absolute Gasteiger partial charge is 0.00506 e. The van der Waals surface area contributed by atoms with Gasteiger partial charge < -0.3 is 0 Å². The summed E-state index contributed by atoms with van der Waals surface area (Å²) in [6.45, 7) is 6.29. The molecular formula is C9H14. The topological polar surface area (TPSA) is 0 Å². The first-order chi connectivity index (χ1) is 4.20. The molecule has 0 rings (SSSR count). The molecule has 0 heteroatoms. The Morgan fingerprint density at radius 2 is 2.33 bits per heavy atom. The van der Waals surface area contributed by atoms with Crippen molar-refractivity contribution >= 4 is 0 Å². The summed E-state index contributed by atoms with van der Waals surface area (Å²) in [4.78, 5) is 0. The molecule has 0 saturated carbocycles. The van der Waals surface area contributed by atoms with Crippen molar-refractivity contribution in [2.75, 3.05) is 0 Å². The van der Waals surface area contributed by atoms with Crippen LogP contribution in [0.25, 0.3) is 0 Å². The van der Waals surface area contributed by atoms with Crippen LogP contribution in [0.3, 0.4) is 0 Å². The predicted molar refractivity (Wildman–Crippen MR) is 42.0 cm³/mol. The van der Waals surface area contributed by atoms with Gasteiger partial charge in [0.2, 0.25) is 0 Å². The third-order valence-electron chi connectivity index (χ3n) is 1.41. The number of allylic oxidation sites excluding steroid dienone is 2. The van der Waals surface area contributed by atoms with Crippen LogP contribution in [-0.4, -0.2) is 0 Å². The van der Waals surface area contributed by atoms with Gasteiger partial charge in [-0.1, -0.05) is 32.3 Å². The first-order valence-corrected chi connectivity index (χ1v) is 3.35. The molecule has 0 amide bonds. The average Bonchev–Trinajstić information content (AvgIpc) is 1.87. The highest BCUT2D eigenvalue weighted by Gasteiger charge is 1.91. The van der Waals surface area contributed by atoms with Crippen LogP contribution in [0.1, 0.15) is 27.2 Å². The first kappa shape index (κ1) is 8.30. The van der Waals surface area contributed by atoms with Crippen molar-refractivity contribution in [3.63, 3.8) is 0 Å². The van der Waals surface area contributed by atoms with E-state index in [-0.39, 0.29) is 0 Å². The van der Waals surface area contributed by atoms with E-state index >= 15 is 0 Å². The van der Waals surface area contributed by atoms with E-state index in [1.165, 1.54) is 6.42 Å². The van der Waals surface area contributed by atoms with Crippen LogP contribution in [0.4, 0.5) is 0 Å². The van der Waals surface area contributed by atoms with E-state index in [4.69, 9.17) is 6.42 Å². The predicted octanol–water partition coefficient (Wildman–Crippen LogP) is 2.61. The van der Waals surface area contributed by atoms with E-state index in [1.807, 2.05) is 6.92 Å². The standard InChI is InChI=1S/C9H14/c1-5-8(3)7-9(4)6-2/h1,7,9H,6H2,2-4H3. The number of hydrogen-bond acceptors (Lipinski definition) is 0. The summed E-state index contributed by atoms with van der Waals surface area (Å²) in [5.74, 6) is 3.22. The molecule has 0 aromatic carbocycles. The Bertz CT molecular complexity index is 135. The van der Waals surface area contributed by atoms with E-state index in [0.29, 0.717) is 5.92 Å². The van der Waals surface area contributed by atoms with Gasteiger partial charge in [0.25, 0.3) is 0 Å². The fourth-order valence-corrected chi connectivity index (χ4v) is 0.593. The van der Waals surface area contributed by atoms with Gasteiger partial charge in [-0.3, -0.25) is 0 Å². The minimum atomic E-state index is 0.626. The minimum Gasteiger partial charge on any atom is -0.115 e. The van der Waals surface area contributed by atoms with E-state index in [9.17, 15) is 0 Å². The van der Waals surface area contributed by atoms with Crippen molar-refractivity contribution in [1.82, 2.24) is 0 Å². The van der Waals surface area contributed by atoms with Gasteiger partial charge >= 0.3 is 0 Å². The van der Waals surface area contributed by atoms with Crippen molar-refractivity contribution in [2.24, 2.45) is 5.92 Å². The van der Waals surface area contributed by atoms with Crippen molar-refractivity contribution in [3.8, 4) is 12.3 Å². The van der Waals surface area contributed by atoms with E-state index in [1.54, 1.807) is 0 Å². The molecule has 0 heterocycles. The van der Waals surface area contributed by atoms with Crippen LogP contribution < -0.4 is 0 Å². The maximum Gasteiger partial charge on any atom is -0.00506 e. The molecule has 0 aliphatic heterocycles. The minimum absolute atomic E-state index is 0.626. The van der Waals surface area contributed by atoms with Crippen LogP contribution in [0.5, 0.6) is 0 Å². The SMILES string of the molecule is C#CC(C)=CC(C)CC. The zero-order chi connectivity index (χ0) is 7.28. The van der Waals surface area contributed by atoms with Gasteiger partial charge in [0, 0.05) is 0 Å². The molecule has 9 heavy (non-hydrogen) atoms. The summed E-state index contributed by atoms with van der Waals surface area (Å²) >= 11 is 0. The van der Waals surface area contributed by atoms with E-state index in [0.717, 1.165) is 5.57 Å². The fourth-order valence-electron chi connectivity index (χ4n) is 0.593. The number of rotatable bonds is 2. The maximum absolute atomic E-state index is 5.16. The van der Waals surface area contributed by atoms with Crippen LogP contribution in [-0.2, 0) is 0 Å². The summed E-state index contributed by atoms with van der Waals surface area (Å²) < 4.78 is 0.